The fraction of sp³-hybridized carbons (Fsp3) is 1.00. The van der Waals surface area contributed by atoms with Crippen LogP contribution in [0.3, 0.4) is 0 Å². The van der Waals surface area contributed by atoms with E-state index in [0.717, 1.165) is 13.1 Å². The molecule has 0 radical (unpaired) electrons. The van der Waals surface area contributed by atoms with Crippen molar-refractivity contribution in [1.82, 2.24) is 10.2 Å². The molecule has 0 spiro atoms. The number of nitrogens with zero attached hydrogens (tertiary/aromatic N) is 1. The van der Waals surface area contributed by atoms with E-state index in [-0.39, 0.29) is 0 Å². The summed E-state index contributed by atoms with van der Waals surface area (Å²) < 4.78 is 7.04. The van der Waals surface area contributed by atoms with Crippen LogP contribution < -0.4 is 5.31 Å². The van der Waals surface area contributed by atoms with E-state index < -0.39 is 0 Å². The van der Waals surface area contributed by atoms with Gasteiger partial charge in [0.2, 0.25) is 0 Å². The molecule has 0 amide bonds. The highest BCUT2D eigenvalue weighted by Crippen LogP contribution is 1.96. The predicted molar refractivity (Wildman–Crippen MR) is 30.3 cm³/mol. The molecule has 0 bridgehead atoms. The second-order valence-electron chi connectivity index (χ2n) is 2.21. The third-order valence-electron chi connectivity index (χ3n) is 1.41. The molecule has 0 atom stereocenters. The first kappa shape index (κ1) is 3.87. The van der Waals surface area contributed by atoms with Crippen LogP contribution in [0.2, 0.25) is 1.41 Å². The lowest BCUT2D eigenvalue weighted by molar-refractivity contribution is 0.216. The second-order valence-corrected chi connectivity index (χ2v) is 2.21. The molecule has 0 aromatic heterocycles. The van der Waals surface area contributed by atoms with Gasteiger partial charge in [0.05, 0.1) is 0 Å². The normalized spacial score (nSPS) is 27.6. The summed E-state index contributed by atoms with van der Waals surface area (Å²) in [6.45, 7) is 1.82. The van der Waals surface area contributed by atoms with E-state index in [1.54, 1.807) is 5.31 Å². The molecule has 7 heavy (non-hydrogen) atoms. The van der Waals surface area contributed by atoms with Gasteiger partial charge in [-0.1, -0.05) is 0 Å². The Morgan fingerprint density at radius 2 is 2.29 bits per heavy atom. The van der Waals surface area contributed by atoms with Gasteiger partial charge in [-0.05, 0) is 14.1 Å². The van der Waals surface area contributed by atoms with Crippen molar-refractivity contribution in [2.45, 2.75) is 6.04 Å². The zero-order valence-corrected chi connectivity index (χ0v) is 4.89. The van der Waals surface area contributed by atoms with Gasteiger partial charge < -0.3 is 10.2 Å². The molecule has 2 nitrogen and oxygen atoms in total. The van der Waals surface area contributed by atoms with Crippen LogP contribution in [-0.2, 0) is 0 Å². The number of rotatable bonds is 1. The molecule has 0 saturated carbocycles. The van der Waals surface area contributed by atoms with Crippen molar-refractivity contribution in [2.75, 3.05) is 27.2 Å². The van der Waals surface area contributed by atoms with Gasteiger partial charge in [0.15, 0.2) is 0 Å². The Morgan fingerprint density at radius 1 is 1.71 bits per heavy atom. The number of hydrogen-bond donors (Lipinski definition) is 1. The average Bonchev–Trinajstić information content (AvgIpc) is 1.57. The molecule has 0 aromatic carbocycles. The Labute approximate surface area is 46.0 Å². The van der Waals surface area contributed by atoms with Crippen molar-refractivity contribution in [2.24, 2.45) is 0 Å². The molecular weight excluding hydrogens is 88.1 g/mol. The maximum absolute atomic E-state index is 7.04. The second kappa shape index (κ2) is 1.80. The van der Waals surface area contributed by atoms with Crippen LogP contribution in [-0.4, -0.2) is 38.1 Å². The lowest BCUT2D eigenvalue weighted by Gasteiger charge is -2.32. The van der Waals surface area contributed by atoms with Gasteiger partial charge in [-0.25, -0.2) is 0 Å². The molecular formula is C5H12N2. The highest BCUT2D eigenvalue weighted by molar-refractivity contribution is 4.80. The Kier molecular flexibility index (Phi) is 0.995. The summed E-state index contributed by atoms with van der Waals surface area (Å²) in [5, 5.41) is 1.57. The SMILES string of the molecule is [2H]N1CC(N(C)C)C1. The number of hydrogen-bond acceptors (Lipinski definition) is 2. The minimum atomic E-state index is 0.632. The maximum Gasteiger partial charge on any atom is 0.122 e. The van der Waals surface area contributed by atoms with Crippen molar-refractivity contribution in [3.05, 3.63) is 0 Å². The first-order chi connectivity index (χ1) is 3.70. The molecule has 42 valence electrons. The van der Waals surface area contributed by atoms with Crippen LogP contribution in [0.4, 0.5) is 0 Å². The smallest absolute Gasteiger partial charge is 0.122 e. The van der Waals surface area contributed by atoms with Crippen LogP contribution in [0.15, 0.2) is 0 Å². The molecule has 1 N–H and O–H groups in total. The quantitative estimate of drug-likeness (QED) is 0.480. The van der Waals surface area contributed by atoms with Crippen LogP contribution >= 0.6 is 0 Å². The molecule has 0 aliphatic carbocycles. The zero-order valence-electron chi connectivity index (χ0n) is 5.89. The molecule has 2 heteroatoms. The van der Waals surface area contributed by atoms with Crippen molar-refractivity contribution in [1.29, 1.82) is 0 Å². The molecule has 1 saturated heterocycles. The molecule has 1 heterocycles. The summed E-state index contributed by atoms with van der Waals surface area (Å²) in [6.07, 6.45) is 0. The zero-order chi connectivity index (χ0) is 6.15. The molecule has 1 aliphatic rings. The third-order valence-corrected chi connectivity index (χ3v) is 1.41. The van der Waals surface area contributed by atoms with E-state index in [9.17, 15) is 0 Å². The minimum absolute atomic E-state index is 0.632. The van der Waals surface area contributed by atoms with E-state index in [0.29, 0.717) is 6.04 Å². The van der Waals surface area contributed by atoms with E-state index in [1.165, 1.54) is 0 Å². The van der Waals surface area contributed by atoms with Gasteiger partial charge >= 0.3 is 0 Å². The van der Waals surface area contributed by atoms with Crippen molar-refractivity contribution < 1.29 is 1.41 Å². The molecule has 0 unspecified atom stereocenters. The summed E-state index contributed by atoms with van der Waals surface area (Å²) in [6, 6.07) is 0.632. The van der Waals surface area contributed by atoms with Gasteiger partial charge in [-0.3, -0.25) is 0 Å². The predicted octanol–water partition coefficient (Wildman–Crippen LogP) is -0.480. The average molecular weight is 101 g/mol. The summed E-state index contributed by atoms with van der Waals surface area (Å²) in [5.41, 5.74) is 0. The van der Waals surface area contributed by atoms with Crippen LogP contribution in [0.25, 0.3) is 0 Å². The largest absolute Gasteiger partial charge is 0.314 e. The van der Waals surface area contributed by atoms with Crippen molar-refractivity contribution in [3.63, 3.8) is 0 Å². The summed E-state index contributed by atoms with van der Waals surface area (Å²) >= 11 is 0. The summed E-state index contributed by atoms with van der Waals surface area (Å²) in [5.74, 6) is 0. The van der Waals surface area contributed by atoms with Crippen LogP contribution in [0.1, 0.15) is 0 Å². The highest BCUT2D eigenvalue weighted by Gasteiger charge is 2.17. The fourth-order valence-electron chi connectivity index (χ4n) is 0.571. The maximum atomic E-state index is 7.04. The van der Waals surface area contributed by atoms with E-state index in [2.05, 4.69) is 19.0 Å². The van der Waals surface area contributed by atoms with E-state index in [4.69, 9.17) is 1.41 Å². The van der Waals surface area contributed by atoms with Gasteiger partial charge in [0.25, 0.3) is 0 Å². The van der Waals surface area contributed by atoms with Crippen LogP contribution in [0, 0.1) is 0 Å². The van der Waals surface area contributed by atoms with Gasteiger partial charge in [-0.2, -0.15) is 0 Å². The topological polar surface area (TPSA) is 15.3 Å². The molecule has 0 aromatic rings. The standard InChI is InChI=1S/C5H12N2/c1-7(2)5-3-6-4-5/h5-6H,3-4H2,1-2H3/i/hD. The van der Waals surface area contributed by atoms with E-state index >= 15 is 0 Å². The Bertz CT molecular complexity index is 78.5. The summed E-state index contributed by atoms with van der Waals surface area (Å²) in [4.78, 5) is 2.16. The first-order valence-electron chi connectivity index (χ1n) is 3.05. The van der Waals surface area contributed by atoms with E-state index in [1.807, 2.05) is 0 Å². The minimum Gasteiger partial charge on any atom is -0.314 e. The summed E-state index contributed by atoms with van der Waals surface area (Å²) in [7, 11) is 4.11. The Hall–Kier alpha value is -0.0800. The molecule has 1 aliphatic heterocycles. The van der Waals surface area contributed by atoms with Crippen molar-refractivity contribution in [3.8, 4) is 0 Å². The lowest BCUT2D eigenvalue weighted by atomic mass is 10.2. The number of nitrogens with one attached hydrogen (secondary N) is 1. The van der Waals surface area contributed by atoms with Crippen molar-refractivity contribution >= 4 is 0 Å². The fourth-order valence-corrected chi connectivity index (χ4v) is 0.571. The molecule has 1 rings (SSSR count). The third kappa shape index (κ3) is 0.924. The lowest BCUT2D eigenvalue weighted by Crippen LogP contribution is -2.54. The highest BCUT2D eigenvalue weighted by atomic mass is 15.2. The van der Waals surface area contributed by atoms with Gasteiger partial charge in [0, 0.05) is 19.1 Å². The molecule has 1 fully saturated rings. The van der Waals surface area contributed by atoms with Crippen LogP contribution in [0.5, 0.6) is 0 Å². The van der Waals surface area contributed by atoms with Gasteiger partial charge in [-0.15, -0.1) is 0 Å². The van der Waals surface area contributed by atoms with Gasteiger partial charge in [0.1, 0.15) is 1.41 Å². The Balaban J connectivity index is 2.15. The Morgan fingerprint density at radius 3 is 2.43 bits per heavy atom. The number of likely N-dealkylation sites (N-methyl/N-ethyl adjacent to an activating group) is 1. The monoisotopic (exact) mass is 101 g/mol. The first-order valence-corrected chi connectivity index (χ1v) is 2.60.